The molecular formula is C9H19N2+. The van der Waals surface area contributed by atoms with Gasteiger partial charge in [-0.15, -0.1) is 0 Å². The van der Waals surface area contributed by atoms with Crippen molar-refractivity contribution in [2.45, 2.75) is 24.9 Å². The number of piperazine rings is 1. The normalized spacial score (nSPS) is 42.8. The lowest BCUT2D eigenvalue weighted by Gasteiger charge is -2.44. The molecule has 2 nitrogen and oxygen atoms in total. The third kappa shape index (κ3) is 1.00. The van der Waals surface area contributed by atoms with Crippen LogP contribution in [0.2, 0.25) is 0 Å². The number of hydrogen-bond donors (Lipinski definition) is 0. The maximum absolute atomic E-state index is 2.49. The van der Waals surface area contributed by atoms with Gasteiger partial charge in [-0.1, -0.05) is 0 Å². The summed E-state index contributed by atoms with van der Waals surface area (Å²) in [7, 11) is 7.05. The Morgan fingerprint density at radius 1 is 1.09 bits per heavy atom. The fraction of sp³-hybridized carbons (Fsp3) is 1.00. The predicted octanol–water partition coefficient (Wildman–Crippen LogP) is 0.539. The van der Waals surface area contributed by atoms with Crippen LogP contribution in [-0.4, -0.2) is 55.7 Å². The average Bonchev–Trinajstić information content (AvgIpc) is 2.19. The molecule has 0 saturated carbocycles. The largest absolute Gasteiger partial charge is 0.321 e. The van der Waals surface area contributed by atoms with Crippen LogP contribution in [0.1, 0.15) is 12.8 Å². The molecule has 2 saturated heterocycles. The van der Waals surface area contributed by atoms with E-state index in [1.165, 1.54) is 30.4 Å². The minimum absolute atomic E-state index is 0.916. The molecule has 2 heteroatoms. The zero-order valence-electron chi connectivity index (χ0n) is 7.88. The molecule has 0 aliphatic carbocycles. The van der Waals surface area contributed by atoms with Crippen LogP contribution in [0.3, 0.4) is 0 Å². The molecule has 2 heterocycles. The zero-order chi connectivity index (χ0) is 8.06. The van der Waals surface area contributed by atoms with Crippen LogP contribution in [0.4, 0.5) is 0 Å². The lowest BCUT2D eigenvalue weighted by Crippen LogP contribution is -2.61. The number of fused-ring (bicyclic) bond motifs is 2. The minimum Gasteiger partial charge on any atom is -0.321 e. The van der Waals surface area contributed by atoms with Gasteiger partial charge in [0.1, 0.15) is 12.1 Å². The number of quaternary nitrogens is 1. The van der Waals surface area contributed by atoms with E-state index in [1.54, 1.807) is 0 Å². The zero-order valence-corrected chi connectivity index (χ0v) is 7.88. The van der Waals surface area contributed by atoms with Crippen LogP contribution in [0, 0.1) is 0 Å². The second-order valence-corrected chi connectivity index (χ2v) is 4.74. The van der Waals surface area contributed by atoms with Crippen molar-refractivity contribution in [1.29, 1.82) is 0 Å². The Morgan fingerprint density at radius 2 is 1.55 bits per heavy atom. The second kappa shape index (κ2) is 2.20. The van der Waals surface area contributed by atoms with Gasteiger partial charge in [0.25, 0.3) is 0 Å². The number of rotatable bonds is 0. The van der Waals surface area contributed by atoms with Gasteiger partial charge in [0.15, 0.2) is 0 Å². The van der Waals surface area contributed by atoms with Crippen LogP contribution in [0.15, 0.2) is 0 Å². The molecule has 2 bridgehead atoms. The molecule has 0 spiro atoms. The van der Waals surface area contributed by atoms with E-state index in [9.17, 15) is 0 Å². The van der Waals surface area contributed by atoms with Gasteiger partial charge in [-0.25, -0.2) is 0 Å². The van der Waals surface area contributed by atoms with E-state index in [0.29, 0.717) is 0 Å². The van der Waals surface area contributed by atoms with Crippen molar-refractivity contribution in [3.05, 3.63) is 0 Å². The molecule has 2 fully saturated rings. The van der Waals surface area contributed by atoms with Crippen molar-refractivity contribution in [2.24, 2.45) is 0 Å². The van der Waals surface area contributed by atoms with E-state index in [-0.39, 0.29) is 0 Å². The van der Waals surface area contributed by atoms with Crippen LogP contribution in [0.25, 0.3) is 0 Å². The topological polar surface area (TPSA) is 3.24 Å². The van der Waals surface area contributed by atoms with Gasteiger partial charge < -0.3 is 4.48 Å². The van der Waals surface area contributed by atoms with E-state index in [1.807, 2.05) is 0 Å². The molecule has 0 aromatic heterocycles. The van der Waals surface area contributed by atoms with Gasteiger partial charge >= 0.3 is 0 Å². The van der Waals surface area contributed by atoms with Crippen LogP contribution < -0.4 is 0 Å². The number of nitrogens with zero attached hydrogens (tertiary/aromatic N) is 2. The molecule has 2 atom stereocenters. The van der Waals surface area contributed by atoms with E-state index < -0.39 is 0 Å². The first kappa shape index (κ1) is 7.56. The van der Waals surface area contributed by atoms with Crippen molar-refractivity contribution >= 4 is 0 Å². The van der Waals surface area contributed by atoms with Gasteiger partial charge in [-0.2, -0.15) is 0 Å². The third-order valence-electron chi connectivity index (χ3n) is 3.76. The highest BCUT2D eigenvalue weighted by atomic mass is 15.4. The quantitative estimate of drug-likeness (QED) is 0.461. The van der Waals surface area contributed by atoms with Crippen molar-refractivity contribution in [2.75, 3.05) is 34.2 Å². The highest BCUT2D eigenvalue weighted by Crippen LogP contribution is 2.33. The minimum atomic E-state index is 0.916. The molecule has 2 aliphatic heterocycles. The summed E-state index contributed by atoms with van der Waals surface area (Å²) in [5, 5.41) is 0. The van der Waals surface area contributed by atoms with Crippen molar-refractivity contribution in [1.82, 2.24) is 4.90 Å². The van der Waals surface area contributed by atoms with Gasteiger partial charge in [0.05, 0.1) is 27.2 Å². The monoisotopic (exact) mass is 155 g/mol. The summed E-state index contributed by atoms with van der Waals surface area (Å²) in [6.45, 7) is 2.62. The first-order chi connectivity index (χ1) is 5.10. The Morgan fingerprint density at radius 3 is 2.00 bits per heavy atom. The first-order valence-corrected chi connectivity index (χ1v) is 4.62. The Kier molecular flexibility index (Phi) is 1.52. The number of likely N-dealkylation sites (tertiary alicyclic amines) is 1. The molecule has 0 radical (unpaired) electrons. The number of likely N-dealkylation sites (N-methyl/N-ethyl adjacent to an activating group) is 2. The van der Waals surface area contributed by atoms with Crippen LogP contribution in [0.5, 0.6) is 0 Å². The van der Waals surface area contributed by atoms with Crippen molar-refractivity contribution in [3.8, 4) is 0 Å². The molecule has 11 heavy (non-hydrogen) atoms. The van der Waals surface area contributed by atoms with E-state index >= 15 is 0 Å². The summed E-state index contributed by atoms with van der Waals surface area (Å²) in [5.41, 5.74) is 0. The van der Waals surface area contributed by atoms with Crippen molar-refractivity contribution in [3.63, 3.8) is 0 Å². The van der Waals surface area contributed by atoms with E-state index in [4.69, 9.17) is 0 Å². The summed E-state index contributed by atoms with van der Waals surface area (Å²) >= 11 is 0. The van der Waals surface area contributed by atoms with Gasteiger partial charge in [-0.3, -0.25) is 4.90 Å². The third-order valence-corrected chi connectivity index (χ3v) is 3.76. The standard InChI is InChI=1S/C9H19N2/c1-10-6-8-4-5-9(7-10)11(8,2)3/h8-9H,4-7H2,1-3H3/q+1. The summed E-state index contributed by atoms with van der Waals surface area (Å²) in [5.74, 6) is 0. The Labute approximate surface area is 69.4 Å². The molecule has 64 valence electrons. The lowest BCUT2D eigenvalue weighted by molar-refractivity contribution is -0.929. The fourth-order valence-electron chi connectivity index (χ4n) is 2.75. The summed E-state index contributed by atoms with van der Waals surface area (Å²) in [6, 6.07) is 1.83. The predicted molar refractivity (Wildman–Crippen MR) is 46.4 cm³/mol. The number of hydrogen-bond acceptors (Lipinski definition) is 1. The summed E-state index contributed by atoms with van der Waals surface area (Å²) in [4.78, 5) is 2.49. The Balaban J connectivity index is 2.19. The van der Waals surface area contributed by atoms with Gasteiger partial charge in [0.2, 0.25) is 0 Å². The first-order valence-electron chi connectivity index (χ1n) is 4.62. The summed E-state index contributed by atoms with van der Waals surface area (Å²) < 4.78 is 1.28. The second-order valence-electron chi connectivity index (χ2n) is 4.74. The maximum atomic E-state index is 2.49. The molecular weight excluding hydrogens is 136 g/mol. The van der Waals surface area contributed by atoms with E-state index in [0.717, 1.165) is 12.1 Å². The highest BCUT2D eigenvalue weighted by Gasteiger charge is 2.47. The SMILES string of the molecule is CN1CC2CCC(C1)[N+]2(C)C. The molecule has 0 aromatic carbocycles. The van der Waals surface area contributed by atoms with Gasteiger partial charge in [0, 0.05) is 12.8 Å². The Bertz CT molecular complexity index is 149. The Hall–Kier alpha value is -0.0800. The van der Waals surface area contributed by atoms with Crippen LogP contribution >= 0.6 is 0 Å². The smallest absolute Gasteiger partial charge is 0.102 e. The molecule has 0 aromatic rings. The lowest BCUT2D eigenvalue weighted by atomic mass is 10.2. The molecule has 2 unspecified atom stereocenters. The highest BCUT2D eigenvalue weighted by molar-refractivity contribution is 4.83. The van der Waals surface area contributed by atoms with Crippen molar-refractivity contribution < 1.29 is 4.48 Å². The summed E-state index contributed by atoms with van der Waals surface area (Å²) in [6.07, 6.45) is 2.89. The average molecular weight is 155 g/mol. The fourth-order valence-corrected chi connectivity index (χ4v) is 2.75. The molecule has 0 amide bonds. The van der Waals surface area contributed by atoms with Crippen LogP contribution in [-0.2, 0) is 0 Å². The van der Waals surface area contributed by atoms with E-state index in [2.05, 4.69) is 26.0 Å². The maximum Gasteiger partial charge on any atom is 0.102 e. The molecule has 2 aliphatic rings. The molecule has 2 rings (SSSR count). The van der Waals surface area contributed by atoms with Gasteiger partial charge in [-0.05, 0) is 7.05 Å². The molecule has 0 N–H and O–H groups in total.